The molecule has 1 spiro atoms. The second-order valence-electron chi connectivity index (χ2n) is 8.84. The van der Waals surface area contributed by atoms with Gasteiger partial charge in [0.25, 0.3) is 0 Å². The van der Waals surface area contributed by atoms with Crippen molar-refractivity contribution in [3.05, 3.63) is 35.9 Å². The predicted octanol–water partition coefficient (Wildman–Crippen LogP) is 2.15. The van der Waals surface area contributed by atoms with Crippen molar-refractivity contribution in [1.29, 1.82) is 0 Å². The van der Waals surface area contributed by atoms with Gasteiger partial charge in [0.15, 0.2) is 0 Å². The number of likely N-dealkylation sites (tertiary alicyclic amines) is 1. The number of hydrogen-bond donors (Lipinski definition) is 1. The number of hydrogen-bond acceptors (Lipinski definition) is 6. The molecule has 152 valence electrons. The molecule has 0 unspecified atom stereocenters. The van der Waals surface area contributed by atoms with Crippen LogP contribution in [0, 0.1) is 16.7 Å². The van der Waals surface area contributed by atoms with Crippen LogP contribution in [0.4, 0.5) is 0 Å². The van der Waals surface area contributed by atoms with E-state index in [0.717, 1.165) is 12.8 Å². The van der Waals surface area contributed by atoms with Gasteiger partial charge < -0.3 is 14.6 Å². The van der Waals surface area contributed by atoms with Crippen LogP contribution in [0.3, 0.4) is 0 Å². The maximum atomic E-state index is 13.1. The minimum Gasteiger partial charge on any atom is -0.466 e. The molecule has 1 saturated carbocycles. The average molecular weight is 387 g/mol. The number of fused-ring (bicyclic) bond motifs is 1. The van der Waals surface area contributed by atoms with E-state index < -0.39 is 22.4 Å². The van der Waals surface area contributed by atoms with E-state index in [4.69, 9.17) is 9.47 Å². The van der Waals surface area contributed by atoms with Crippen LogP contribution in [-0.2, 0) is 25.6 Å². The summed E-state index contributed by atoms with van der Waals surface area (Å²) in [5, 5.41) is 12.0. The first-order valence-corrected chi connectivity index (χ1v) is 10.2. The molecule has 6 nitrogen and oxygen atoms in total. The third-order valence-corrected chi connectivity index (χ3v) is 7.26. The molecule has 2 aliphatic heterocycles. The molecule has 3 aliphatic rings. The fourth-order valence-corrected chi connectivity index (χ4v) is 5.87. The highest BCUT2D eigenvalue weighted by atomic mass is 16.5. The summed E-state index contributed by atoms with van der Waals surface area (Å²) in [5.41, 5.74) is -1.97. The standard InChI is InChI=1S/C22H29NO5/c1-3-27-18(24)11-22(26)20(2)10-9-17-13-28-19(25)21(17,22)15-23(14-20)12-16-7-5-4-6-8-16/h4-8,17,26H,3,9-15H2,1-2H3/t17-,20-,21-,22-/m0/s1. The second-order valence-corrected chi connectivity index (χ2v) is 8.84. The van der Waals surface area contributed by atoms with Crippen LogP contribution >= 0.6 is 0 Å². The third-order valence-electron chi connectivity index (χ3n) is 7.26. The topological polar surface area (TPSA) is 76.1 Å². The molecular formula is C22H29NO5. The first-order chi connectivity index (χ1) is 13.3. The number of piperidine rings is 1. The predicted molar refractivity (Wildman–Crippen MR) is 102 cm³/mol. The highest BCUT2D eigenvalue weighted by molar-refractivity contribution is 5.84. The van der Waals surface area contributed by atoms with Crippen LogP contribution in [0.25, 0.3) is 0 Å². The summed E-state index contributed by atoms with van der Waals surface area (Å²) in [5.74, 6) is -0.897. The molecule has 0 aromatic heterocycles. The van der Waals surface area contributed by atoms with Crippen molar-refractivity contribution in [1.82, 2.24) is 4.90 Å². The number of cyclic esters (lactones) is 1. The Morgan fingerprint density at radius 1 is 1.32 bits per heavy atom. The quantitative estimate of drug-likeness (QED) is 0.781. The summed E-state index contributed by atoms with van der Waals surface area (Å²) in [6.45, 7) is 6.06. The maximum Gasteiger partial charge on any atom is 0.316 e. The minimum atomic E-state index is -1.46. The third kappa shape index (κ3) is 2.69. The van der Waals surface area contributed by atoms with Crippen molar-refractivity contribution in [3.8, 4) is 0 Å². The fraction of sp³-hybridized carbons (Fsp3) is 0.636. The molecule has 3 fully saturated rings. The molecule has 0 amide bonds. The summed E-state index contributed by atoms with van der Waals surface area (Å²) in [6, 6.07) is 10.1. The lowest BCUT2D eigenvalue weighted by Gasteiger charge is -2.63. The van der Waals surface area contributed by atoms with Gasteiger partial charge in [-0.3, -0.25) is 14.5 Å². The Labute approximate surface area is 165 Å². The lowest BCUT2D eigenvalue weighted by molar-refractivity contribution is -0.249. The Hall–Kier alpha value is -1.92. The van der Waals surface area contributed by atoms with Gasteiger partial charge in [-0.25, -0.2) is 0 Å². The zero-order chi connectivity index (χ0) is 20.0. The van der Waals surface area contributed by atoms with E-state index in [-0.39, 0.29) is 24.9 Å². The van der Waals surface area contributed by atoms with Crippen LogP contribution in [0.2, 0.25) is 0 Å². The second kappa shape index (κ2) is 6.85. The highest BCUT2D eigenvalue weighted by Gasteiger charge is 2.75. The summed E-state index contributed by atoms with van der Waals surface area (Å²) in [4.78, 5) is 27.7. The number of rotatable bonds is 5. The molecule has 2 bridgehead atoms. The van der Waals surface area contributed by atoms with Gasteiger partial charge in [0, 0.05) is 31.0 Å². The molecule has 2 saturated heterocycles. The van der Waals surface area contributed by atoms with Gasteiger partial charge >= 0.3 is 11.9 Å². The minimum absolute atomic E-state index is 0.0777. The molecule has 4 rings (SSSR count). The monoisotopic (exact) mass is 387 g/mol. The van der Waals surface area contributed by atoms with Crippen molar-refractivity contribution >= 4 is 11.9 Å². The van der Waals surface area contributed by atoms with Crippen LogP contribution < -0.4 is 0 Å². The van der Waals surface area contributed by atoms with E-state index in [0.29, 0.717) is 26.2 Å². The van der Waals surface area contributed by atoms with Crippen LogP contribution in [-0.4, -0.2) is 53.8 Å². The number of esters is 2. The lowest BCUT2D eigenvalue weighted by atomic mass is 9.45. The maximum absolute atomic E-state index is 13.1. The van der Waals surface area contributed by atoms with E-state index in [1.54, 1.807) is 6.92 Å². The number of carbonyl (C=O) groups excluding carboxylic acids is 2. The van der Waals surface area contributed by atoms with Gasteiger partial charge in [0.1, 0.15) is 5.41 Å². The molecule has 1 aliphatic carbocycles. The summed E-state index contributed by atoms with van der Waals surface area (Å²) < 4.78 is 10.6. The molecule has 2 heterocycles. The van der Waals surface area contributed by atoms with Crippen molar-refractivity contribution in [2.75, 3.05) is 26.3 Å². The fourth-order valence-electron chi connectivity index (χ4n) is 5.87. The van der Waals surface area contributed by atoms with E-state index in [1.807, 2.05) is 25.1 Å². The largest absolute Gasteiger partial charge is 0.466 e. The summed E-state index contributed by atoms with van der Waals surface area (Å²) in [6.07, 6.45) is 1.41. The normalized spacial score (nSPS) is 37.2. The van der Waals surface area contributed by atoms with Crippen molar-refractivity contribution in [2.24, 2.45) is 16.7 Å². The molecule has 1 aromatic carbocycles. The molecule has 1 aromatic rings. The van der Waals surface area contributed by atoms with Gasteiger partial charge in [-0.05, 0) is 25.3 Å². The smallest absolute Gasteiger partial charge is 0.316 e. The van der Waals surface area contributed by atoms with Gasteiger partial charge in [-0.2, -0.15) is 0 Å². The summed E-state index contributed by atoms with van der Waals surface area (Å²) in [7, 11) is 0. The van der Waals surface area contributed by atoms with Crippen molar-refractivity contribution in [2.45, 2.75) is 45.3 Å². The number of benzene rings is 1. The Bertz CT molecular complexity index is 767. The molecule has 1 N–H and O–H groups in total. The Balaban J connectivity index is 1.72. The Morgan fingerprint density at radius 3 is 2.79 bits per heavy atom. The van der Waals surface area contributed by atoms with Crippen molar-refractivity contribution < 1.29 is 24.2 Å². The van der Waals surface area contributed by atoms with E-state index in [1.165, 1.54) is 5.56 Å². The van der Waals surface area contributed by atoms with Gasteiger partial charge in [-0.1, -0.05) is 37.3 Å². The first kappa shape index (κ1) is 19.4. The SMILES string of the molecule is CCOC(=O)C[C@]1(O)[C@@]2(C)CC[C@H]3COC(=O)[C@]31CN(Cc1ccccc1)C2. The lowest BCUT2D eigenvalue weighted by Crippen LogP contribution is -2.75. The van der Waals surface area contributed by atoms with Crippen LogP contribution in [0.15, 0.2) is 30.3 Å². The number of ether oxygens (including phenoxy) is 2. The van der Waals surface area contributed by atoms with Crippen LogP contribution in [0.1, 0.15) is 38.7 Å². The summed E-state index contributed by atoms with van der Waals surface area (Å²) >= 11 is 0. The molecule has 28 heavy (non-hydrogen) atoms. The number of aliphatic hydroxyl groups is 1. The Kier molecular flexibility index (Phi) is 4.74. The number of nitrogens with zero attached hydrogens (tertiary/aromatic N) is 1. The molecule has 0 radical (unpaired) electrons. The molecular weight excluding hydrogens is 358 g/mol. The van der Waals surface area contributed by atoms with Crippen LogP contribution in [0.5, 0.6) is 0 Å². The number of carbonyl (C=O) groups is 2. The zero-order valence-electron chi connectivity index (χ0n) is 16.6. The van der Waals surface area contributed by atoms with E-state index >= 15 is 0 Å². The van der Waals surface area contributed by atoms with Gasteiger partial charge in [0.2, 0.25) is 0 Å². The Morgan fingerprint density at radius 2 is 2.07 bits per heavy atom. The van der Waals surface area contributed by atoms with Gasteiger partial charge in [-0.15, -0.1) is 0 Å². The average Bonchev–Trinajstić information content (AvgIpc) is 2.95. The zero-order valence-corrected chi connectivity index (χ0v) is 16.6. The van der Waals surface area contributed by atoms with E-state index in [9.17, 15) is 14.7 Å². The molecule has 6 heteroatoms. The highest BCUT2D eigenvalue weighted by Crippen LogP contribution is 2.64. The van der Waals surface area contributed by atoms with Crippen molar-refractivity contribution in [3.63, 3.8) is 0 Å². The van der Waals surface area contributed by atoms with E-state index in [2.05, 4.69) is 17.0 Å². The first-order valence-electron chi connectivity index (χ1n) is 10.2. The molecule has 4 atom stereocenters. The van der Waals surface area contributed by atoms with Gasteiger partial charge in [0.05, 0.1) is 25.2 Å².